The van der Waals surface area contributed by atoms with Crippen LogP contribution in [0.4, 0.5) is 0 Å². The van der Waals surface area contributed by atoms with Crippen molar-refractivity contribution in [1.82, 2.24) is 9.80 Å². The van der Waals surface area contributed by atoms with E-state index in [4.69, 9.17) is 5.73 Å². The molecule has 2 aliphatic rings. The molecule has 1 saturated heterocycles. The summed E-state index contributed by atoms with van der Waals surface area (Å²) < 4.78 is 0. The Morgan fingerprint density at radius 3 is 2.20 bits per heavy atom. The van der Waals surface area contributed by atoms with Crippen molar-refractivity contribution in [3.63, 3.8) is 0 Å². The Kier molecular flexibility index (Phi) is 5.02. The van der Waals surface area contributed by atoms with E-state index in [0.29, 0.717) is 13.1 Å². The molecule has 5 nitrogen and oxygen atoms in total. The van der Waals surface area contributed by atoms with Crippen LogP contribution in [0.25, 0.3) is 0 Å². The second kappa shape index (κ2) is 6.57. The zero-order valence-corrected chi connectivity index (χ0v) is 12.7. The first-order chi connectivity index (χ1) is 9.50. The van der Waals surface area contributed by atoms with Gasteiger partial charge in [-0.15, -0.1) is 0 Å². The molecule has 1 aliphatic heterocycles. The molecule has 2 atom stereocenters. The van der Waals surface area contributed by atoms with Crippen molar-refractivity contribution in [2.24, 2.45) is 17.6 Å². The summed E-state index contributed by atoms with van der Waals surface area (Å²) in [5.74, 6) is 0.485. The fourth-order valence-electron chi connectivity index (χ4n) is 3.41. The van der Waals surface area contributed by atoms with E-state index in [1.165, 1.54) is 0 Å². The minimum Gasteiger partial charge on any atom is -0.349 e. The highest BCUT2D eigenvalue weighted by Gasteiger charge is 2.34. The molecule has 0 aromatic rings. The van der Waals surface area contributed by atoms with E-state index in [1.807, 2.05) is 4.90 Å². The number of hydrogen-bond acceptors (Lipinski definition) is 3. The van der Waals surface area contributed by atoms with Crippen molar-refractivity contribution < 1.29 is 9.59 Å². The number of nitrogens with two attached hydrogens (primary N) is 1. The minimum atomic E-state index is 0.00449. The summed E-state index contributed by atoms with van der Waals surface area (Å²) in [6.45, 7) is 1.40. The van der Waals surface area contributed by atoms with Crippen LogP contribution in [0.5, 0.6) is 0 Å². The van der Waals surface area contributed by atoms with Gasteiger partial charge in [-0.05, 0) is 25.7 Å². The Morgan fingerprint density at radius 2 is 1.65 bits per heavy atom. The van der Waals surface area contributed by atoms with Crippen LogP contribution >= 0.6 is 0 Å². The summed E-state index contributed by atoms with van der Waals surface area (Å²) in [7, 11) is 3.59. The summed E-state index contributed by atoms with van der Waals surface area (Å²) >= 11 is 0. The zero-order valence-electron chi connectivity index (χ0n) is 12.7. The van der Waals surface area contributed by atoms with E-state index in [0.717, 1.165) is 38.5 Å². The fourth-order valence-corrected chi connectivity index (χ4v) is 3.41. The molecular weight excluding hydrogens is 254 g/mol. The van der Waals surface area contributed by atoms with Crippen LogP contribution in [0.15, 0.2) is 0 Å². The Balaban J connectivity index is 1.87. The van der Waals surface area contributed by atoms with Crippen LogP contribution in [-0.2, 0) is 9.59 Å². The number of piperidine rings is 1. The van der Waals surface area contributed by atoms with Crippen molar-refractivity contribution >= 4 is 11.8 Å². The van der Waals surface area contributed by atoms with E-state index in [2.05, 4.69) is 0 Å². The van der Waals surface area contributed by atoms with E-state index >= 15 is 0 Å². The number of likely N-dealkylation sites (tertiary alicyclic amines) is 1. The number of hydrogen-bond donors (Lipinski definition) is 1. The molecular formula is C15H27N3O2. The molecule has 2 amide bonds. The predicted octanol–water partition coefficient (Wildman–Crippen LogP) is 0.831. The molecule has 1 saturated carbocycles. The van der Waals surface area contributed by atoms with Gasteiger partial charge in [0.15, 0.2) is 0 Å². The maximum absolute atomic E-state index is 12.5. The molecule has 2 rings (SSSR count). The average molecular weight is 281 g/mol. The van der Waals surface area contributed by atoms with Crippen LogP contribution < -0.4 is 5.73 Å². The van der Waals surface area contributed by atoms with Gasteiger partial charge in [0.2, 0.25) is 11.8 Å². The molecule has 114 valence electrons. The lowest BCUT2D eigenvalue weighted by molar-refractivity contribution is -0.142. The zero-order chi connectivity index (χ0) is 14.7. The summed E-state index contributed by atoms with van der Waals surface area (Å²) in [4.78, 5) is 28.0. The molecule has 0 aromatic heterocycles. The third-order valence-electron chi connectivity index (χ3n) is 4.73. The highest BCUT2D eigenvalue weighted by molar-refractivity contribution is 5.81. The van der Waals surface area contributed by atoms with Crippen molar-refractivity contribution in [1.29, 1.82) is 0 Å². The van der Waals surface area contributed by atoms with Crippen LogP contribution in [0.3, 0.4) is 0 Å². The molecule has 5 heteroatoms. The topological polar surface area (TPSA) is 66.6 Å². The Labute approximate surface area is 121 Å². The second-order valence-electron chi connectivity index (χ2n) is 6.39. The number of nitrogens with zero attached hydrogens (tertiary/aromatic N) is 2. The lowest BCUT2D eigenvalue weighted by Crippen LogP contribution is -2.49. The first-order valence-corrected chi connectivity index (χ1v) is 7.76. The van der Waals surface area contributed by atoms with Crippen molar-refractivity contribution in [2.45, 2.75) is 44.6 Å². The van der Waals surface area contributed by atoms with Crippen LogP contribution in [0.2, 0.25) is 0 Å². The molecule has 0 radical (unpaired) electrons. The first kappa shape index (κ1) is 15.3. The van der Waals surface area contributed by atoms with Crippen molar-refractivity contribution in [2.75, 3.05) is 27.2 Å². The van der Waals surface area contributed by atoms with Gasteiger partial charge in [0, 0.05) is 39.1 Å². The molecule has 20 heavy (non-hydrogen) atoms. The third-order valence-corrected chi connectivity index (χ3v) is 4.73. The SMILES string of the molecule is CN(C)C(=O)C1CCN(C(=O)C2CCCCC2N)CC1. The molecule has 2 N–H and O–H groups in total. The number of amides is 2. The van der Waals surface area contributed by atoms with Crippen LogP contribution in [0.1, 0.15) is 38.5 Å². The summed E-state index contributed by atoms with van der Waals surface area (Å²) in [5.41, 5.74) is 6.09. The van der Waals surface area contributed by atoms with Gasteiger partial charge in [-0.3, -0.25) is 9.59 Å². The van der Waals surface area contributed by atoms with Gasteiger partial charge >= 0.3 is 0 Å². The maximum atomic E-state index is 12.5. The van der Waals surface area contributed by atoms with Crippen molar-refractivity contribution in [3.05, 3.63) is 0 Å². The first-order valence-electron chi connectivity index (χ1n) is 7.76. The Hall–Kier alpha value is -1.10. The molecule has 0 bridgehead atoms. The smallest absolute Gasteiger partial charge is 0.227 e. The Morgan fingerprint density at radius 1 is 1.05 bits per heavy atom. The standard InChI is InChI=1S/C15H27N3O2/c1-17(2)14(19)11-7-9-18(10-8-11)15(20)12-5-3-4-6-13(12)16/h11-13H,3-10,16H2,1-2H3. The molecule has 1 aliphatic carbocycles. The normalized spacial score (nSPS) is 28.2. The monoisotopic (exact) mass is 281 g/mol. The van der Waals surface area contributed by atoms with E-state index in [1.54, 1.807) is 19.0 Å². The molecule has 0 aromatic carbocycles. The van der Waals surface area contributed by atoms with E-state index < -0.39 is 0 Å². The second-order valence-corrected chi connectivity index (χ2v) is 6.39. The average Bonchev–Trinajstić information content (AvgIpc) is 2.46. The third kappa shape index (κ3) is 3.32. The van der Waals surface area contributed by atoms with Gasteiger partial charge in [-0.2, -0.15) is 0 Å². The lowest BCUT2D eigenvalue weighted by atomic mass is 9.83. The molecule has 2 unspecified atom stereocenters. The quantitative estimate of drug-likeness (QED) is 0.815. The number of carbonyl (C=O) groups is 2. The summed E-state index contributed by atoms with van der Waals surface area (Å²) in [6.07, 6.45) is 5.71. The predicted molar refractivity (Wildman–Crippen MR) is 77.9 cm³/mol. The van der Waals surface area contributed by atoms with Gasteiger partial charge in [-0.1, -0.05) is 12.8 Å². The summed E-state index contributed by atoms with van der Waals surface area (Å²) in [5, 5.41) is 0. The van der Waals surface area contributed by atoms with Crippen molar-refractivity contribution in [3.8, 4) is 0 Å². The highest BCUT2D eigenvalue weighted by Crippen LogP contribution is 2.27. The number of rotatable bonds is 2. The van der Waals surface area contributed by atoms with Gasteiger partial charge in [0.25, 0.3) is 0 Å². The van der Waals surface area contributed by atoms with Gasteiger partial charge < -0.3 is 15.5 Å². The summed E-state index contributed by atoms with van der Waals surface area (Å²) in [6, 6.07) is 0.0254. The van der Waals surface area contributed by atoms with Gasteiger partial charge in [0.05, 0.1) is 5.92 Å². The maximum Gasteiger partial charge on any atom is 0.227 e. The lowest BCUT2D eigenvalue weighted by Gasteiger charge is -2.37. The number of carbonyl (C=O) groups excluding carboxylic acids is 2. The minimum absolute atomic E-state index is 0.00449. The molecule has 1 heterocycles. The van der Waals surface area contributed by atoms with E-state index in [-0.39, 0.29) is 29.7 Å². The molecule has 0 spiro atoms. The molecule has 2 fully saturated rings. The highest BCUT2D eigenvalue weighted by atomic mass is 16.2. The Bertz CT molecular complexity index is 362. The van der Waals surface area contributed by atoms with Crippen LogP contribution in [0, 0.1) is 11.8 Å². The van der Waals surface area contributed by atoms with Gasteiger partial charge in [0.1, 0.15) is 0 Å². The van der Waals surface area contributed by atoms with Gasteiger partial charge in [-0.25, -0.2) is 0 Å². The van der Waals surface area contributed by atoms with E-state index in [9.17, 15) is 9.59 Å². The van der Waals surface area contributed by atoms with Crippen LogP contribution in [-0.4, -0.2) is 54.8 Å². The fraction of sp³-hybridized carbons (Fsp3) is 0.867. The largest absolute Gasteiger partial charge is 0.349 e.